The maximum atomic E-state index is 13.3. The van der Waals surface area contributed by atoms with Gasteiger partial charge in [0, 0.05) is 5.41 Å². The molecule has 1 aliphatic rings. The average Bonchev–Trinajstić information content (AvgIpc) is 2.89. The summed E-state index contributed by atoms with van der Waals surface area (Å²) in [6.07, 6.45) is 18.5. The molecule has 3 rings (SSSR count). The van der Waals surface area contributed by atoms with Gasteiger partial charge in [0.15, 0.2) is 0 Å². The van der Waals surface area contributed by atoms with E-state index in [1.165, 1.54) is 31.2 Å². The van der Waals surface area contributed by atoms with Gasteiger partial charge in [-0.1, -0.05) is 126 Å². The Bertz CT molecular complexity index is 1080. The molecule has 0 fully saturated rings. The largest absolute Gasteiger partial charge is 0.480 e. The summed E-state index contributed by atoms with van der Waals surface area (Å²) in [6.45, 7) is 4.38. The van der Waals surface area contributed by atoms with E-state index in [-0.39, 0.29) is 0 Å². The van der Waals surface area contributed by atoms with Gasteiger partial charge in [-0.05, 0) is 42.0 Å². The molecule has 2 unspecified atom stereocenters. The zero-order valence-electron chi connectivity index (χ0n) is 21.3. The molecule has 3 nitrogen and oxygen atoms in total. The maximum absolute atomic E-state index is 13.3. The number of nitriles is 1. The van der Waals surface area contributed by atoms with Crippen molar-refractivity contribution in [2.24, 2.45) is 0 Å². The Kier molecular flexibility index (Phi) is 9.49. The third kappa shape index (κ3) is 5.43. The van der Waals surface area contributed by atoms with Crippen LogP contribution in [0.15, 0.2) is 72.8 Å². The molecule has 1 N–H and O–H groups in total. The summed E-state index contributed by atoms with van der Waals surface area (Å²) in [5.74, 6) is -0.880. The topological polar surface area (TPSA) is 61.1 Å². The van der Waals surface area contributed by atoms with Crippen molar-refractivity contribution in [3.05, 3.63) is 95.1 Å². The van der Waals surface area contributed by atoms with Gasteiger partial charge in [-0.3, -0.25) is 4.79 Å². The minimum atomic E-state index is -1.29. The van der Waals surface area contributed by atoms with Gasteiger partial charge >= 0.3 is 5.97 Å². The van der Waals surface area contributed by atoms with Crippen LogP contribution in [0, 0.1) is 11.3 Å². The second-order valence-electron chi connectivity index (χ2n) is 9.78. The molecule has 0 spiro atoms. The van der Waals surface area contributed by atoms with Crippen LogP contribution < -0.4 is 0 Å². The van der Waals surface area contributed by atoms with E-state index >= 15 is 0 Å². The maximum Gasteiger partial charge on any atom is 0.319 e. The van der Waals surface area contributed by atoms with Crippen molar-refractivity contribution in [3.63, 3.8) is 0 Å². The van der Waals surface area contributed by atoms with Gasteiger partial charge in [0.25, 0.3) is 0 Å². The molecule has 0 aromatic heterocycles. The fourth-order valence-corrected chi connectivity index (χ4v) is 5.65. The van der Waals surface area contributed by atoms with Crippen LogP contribution in [0.5, 0.6) is 0 Å². The Hall–Kier alpha value is -3.12. The van der Waals surface area contributed by atoms with Crippen LogP contribution in [0.4, 0.5) is 0 Å². The van der Waals surface area contributed by atoms with E-state index in [4.69, 9.17) is 0 Å². The first-order valence-electron chi connectivity index (χ1n) is 13.2. The fourth-order valence-electron chi connectivity index (χ4n) is 5.65. The molecule has 0 heterocycles. The lowest BCUT2D eigenvalue weighted by Gasteiger charge is -2.47. The lowest BCUT2D eigenvalue weighted by Crippen LogP contribution is -2.53. The van der Waals surface area contributed by atoms with Crippen molar-refractivity contribution < 1.29 is 9.90 Å². The molecular formula is C32H39NO2. The second kappa shape index (κ2) is 12.5. The van der Waals surface area contributed by atoms with Crippen LogP contribution in [0.1, 0.15) is 93.9 Å². The second-order valence-corrected chi connectivity index (χ2v) is 9.78. The Labute approximate surface area is 211 Å². The highest BCUT2D eigenvalue weighted by atomic mass is 16.4. The van der Waals surface area contributed by atoms with E-state index in [2.05, 4.69) is 32.0 Å². The van der Waals surface area contributed by atoms with Gasteiger partial charge in [-0.2, -0.15) is 5.26 Å². The molecule has 2 aromatic rings. The molecule has 184 valence electrons. The van der Waals surface area contributed by atoms with Crippen LogP contribution in [0.25, 0.3) is 0 Å². The van der Waals surface area contributed by atoms with Crippen LogP contribution in [-0.2, 0) is 22.0 Å². The van der Waals surface area contributed by atoms with Gasteiger partial charge in [-0.25, -0.2) is 0 Å². The number of aryl methyl sites for hydroxylation is 1. The SMILES string of the molecule is CCCCCCCc1ccc(C2(C(=O)O)C=CC=CC2(CCCCC)c2ccccc2C#N)cc1. The first-order valence-corrected chi connectivity index (χ1v) is 13.2. The van der Waals surface area contributed by atoms with E-state index in [1.54, 1.807) is 6.07 Å². The van der Waals surface area contributed by atoms with Crippen LogP contribution in [-0.4, -0.2) is 11.1 Å². The number of hydrogen-bond donors (Lipinski definition) is 1. The lowest BCUT2D eigenvalue weighted by atomic mass is 9.53. The number of carboxylic acid groups (broad SMARTS) is 1. The third-order valence-electron chi connectivity index (χ3n) is 7.56. The van der Waals surface area contributed by atoms with Gasteiger partial charge in [0.1, 0.15) is 5.41 Å². The predicted molar refractivity (Wildman–Crippen MR) is 143 cm³/mol. The van der Waals surface area contributed by atoms with Crippen LogP contribution in [0.2, 0.25) is 0 Å². The molecule has 0 saturated heterocycles. The number of carbonyl (C=O) groups is 1. The molecule has 2 aromatic carbocycles. The zero-order valence-corrected chi connectivity index (χ0v) is 21.3. The number of nitrogens with zero attached hydrogens (tertiary/aromatic N) is 1. The molecule has 0 amide bonds. The smallest absolute Gasteiger partial charge is 0.319 e. The van der Waals surface area contributed by atoms with E-state index in [9.17, 15) is 15.2 Å². The molecule has 1 aliphatic carbocycles. The van der Waals surface area contributed by atoms with E-state index in [0.29, 0.717) is 12.0 Å². The van der Waals surface area contributed by atoms with Crippen molar-refractivity contribution in [2.75, 3.05) is 0 Å². The lowest BCUT2D eigenvalue weighted by molar-refractivity contribution is -0.144. The predicted octanol–water partition coefficient (Wildman–Crippen LogP) is 8.04. The summed E-state index contributed by atoms with van der Waals surface area (Å²) < 4.78 is 0. The molecule has 2 atom stereocenters. The van der Waals surface area contributed by atoms with E-state index in [1.807, 2.05) is 54.6 Å². The molecule has 3 heteroatoms. The Morgan fingerprint density at radius 1 is 0.857 bits per heavy atom. The number of carboxylic acids is 1. The number of aliphatic carboxylic acids is 1. The molecule has 35 heavy (non-hydrogen) atoms. The quantitative estimate of drug-likeness (QED) is 0.302. The van der Waals surface area contributed by atoms with Crippen LogP contribution in [0.3, 0.4) is 0 Å². The van der Waals surface area contributed by atoms with Gasteiger partial charge in [0.2, 0.25) is 0 Å². The van der Waals surface area contributed by atoms with E-state index in [0.717, 1.165) is 43.2 Å². The van der Waals surface area contributed by atoms with Crippen LogP contribution >= 0.6 is 0 Å². The summed E-state index contributed by atoms with van der Waals surface area (Å²) in [4.78, 5) is 13.3. The average molecular weight is 470 g/mol. The highest BCUT2D eigenvalue weighted by Gasteiger charge is 2.57. The first kappa shape index (κ1) is 26.5. The Morgan fingerprint density at radius 3 is 2.20 bits per heavy atom. The number of benzene rings is 2. The molecule has 0 saturated carbocycles. The van der Waals surface area contributed by atoms with Crippen molar-refractivity contribution in [1.29, 1.82) is 5.26 Å². The zero-order chi connectivity index (χ0) is 25.2. The first-order chi connectivity index (χ1) is 17.1. The molecule has 0 radical (unpaired) electrons. The van der Waals surface area contributed by atoms with Gasteiger partial charge in [-0.15, -0.1) is 0 Å². The normalized spacial score (nSPS) is 21.1. The van der Waals surface area contributed by atoms with Crippen molar-refractivity contribution in [1.82, 2.24) is 0 Å². The molecule has 0 bridgehead atoms. The summed E-state index contributed by atoms with van der Waals surface area (Å²) in [7, 11) is 0. The van der Waals surface area contributed by atoms with Crippen molar-refractivity contribution >= 4 is 5.97 Å². The fraction of sp³-hybridized carbons (Fsp3) is 0.438. The summed E-state index contributed by atoms with van der Waals surface area (Å²) in [5, 5.41) is 20.8. The van der Waals surface area contributed by atoms with Crippen molar-refractivity contribution in [3.8, 4) is 6.07 Å². The number of hydrogen-bond acceptors (Lipinski definition) is 2. The monoisotopic (exact) mass is 469 g/mol. The molecule has 0 aliphatic heterocycles. The standard InChI is InChI=1S/C32H39NO2/c1-3-5-7-8-9-15-26-18-20-28(21-19-26)32(30(34)35)24-14-13-23-31(32,22-12-6-4-2)29-17-11-10-16-27(29)25-33/h10-11,13-14,16-21,23-24H,3-9,12,15,22H2,1-2H3,(H,34,35). The van der Waals surface area contributed by atoms with E-state index < -0.39 is 16.8 Å². The Morgan fingerprint density at radius 2 is 1.51 bits per heavy atom. The highest BCUT2D eigenvalue weighted by molar-refractivity contribution is 5.89. The minimum Gasteiger partial charge on any atom is -0.480 e. The highest BCUT2D eigenvalue weighted by Crippen LogP contribution is 2.52. The number of unbranched alkanes of at least 4 members (excludes halogenated alkanes) is 6. The minimum absolute atomic E-state index is 0.540. The van der Waals surface area contributed by atoms with Gasteiger partial charge in [0.05, 0.1) is 11.6 Å². The number of rotatable bonds is 13. The molecular weight excluding hydrogens is 430 g/mol. The Balaban J connectivity index is 2.08. The number of allylic oxidation sites excluding steroid dienone is 3. The van der Waals surface area contributed by atoms with Gasteiger partial charge < -0.3 is 5.11 Å². The summed E-state index contributed by atoms with van der Waals surface area (Å²) >= 11 is 0. The summed E-state index contributed by atoms with van der Waals surface area (Å²) in [6, 6.07) is 18.0. The summed E-state index contributed by atoms with van der Waals surface area (Å²) in [5.41, 5.74) is 1.21. The van der Waals surface area contributed by atoms with Crippen molar-refractivity contribution in [2.45, 2.75) is 88.9 Å². The third-order valence-corrected chi connectivity index (χ3v) is 7.56.